The quantitative estimate of drug-likeness (QED) is 0.582. The number of aromatic nitrogens is 3. The molecule has 0 aliphatic heterocycles. The fraction of sp³-hybridized carbons (Fsp3) is 0.750. The van der Waals surface area contributed by atoms with Gasteiger partial charge in [0.25, 0.3) is 0 Å². The van der Waals surface area contributed by atoms with Crippen molar-refractivity contribution in [3.8, 4) is 0 Å². The molecular weight excluding hydrogens is 242 g/mol. The number of hydrazine groups is 1. The topological polar surface area (TPSA) is 83.2 Å². The van der Waals surface area contributed by atoms with Crippen LogP contribution in [-0.2, 0) is 0 Å². The molecule has 0 bridgehead atoms. The van der Waals surface area contributed by atoms with Crippen molar-refractivity contribution >= 4 is 17.8 Å². The summed E-state index contributed by atoms with van der Waals surface area (Å²) in [5.74, 6) is 7.74. The average Bonchev–Trinajstić information content (AvgIpc) is 3.19. The zero-order chi connectivity index (χ0) is 14.0. The first-order valence-corrected chi connectivity index (χ1v) is 6.68. The van der Waals surface area contributed by atoms with Crippen LogP contribution in [-0.4, -0.2) is 41.6 Å². The Morgan fingerprint density at radius 2 is 1.84 bits per heavy atom. The third kappa shape index (κ3) is 3.44. The number of nitrogens with one attached hydrogen (secondary N) is 1. The maximum atomic E-state index is 5.44. The zero-order valence-electron chi connectivity index (χ0n) is 12.1. The highest BCUT2D eigenvalue weighted by atomic mass is 15.4. The van der Waals surface area contributed by atoms with Gasteiger partial charge >= 0.3 is 0 Å². The Labute approximate surface area is 114 Å². The zero-order valence-corrected chi connectivity index (χ0v) is 12.1. The molecule has 1 aliphatic rings. The molecule has 7 heteroatoms. The number of hydrogen-bond acceptors (Lipinski definition) is 7. The van der Waals surface area contributed by atoms with E-state index in [1.54, 1.807) is 0 Å². The third-order valence-corrected chi connectivity index (χ3v) is 2.95. The first-order valence-electron chi connectivity index (χ1n) is 6.68. The highest BCUT2D eigenvalue weighted by Gasteiger charge is 2.31. The van der Waals surface area contributed by atoms with E-state index in [2.05, 4.69) is 39.1 Å². The molecule has 2 rings (SSSR count). The van der Waals surface area contributed by atoms with Crippen LogP contribution in [0.3, 0.4) is 0 Å². The Kier molecular flexibility index (Phi) is 4.04. The van der Waals surface area contributed by atoms with Gasteiger partial charge < -0.3 is 9.80 Å². The molecule has 1 aromatic rings. The minimum atomic E-state index is 0.406. The van der Waals surface area contributed by atoms with Crippen LogP contribution in [0.4, 0.5) is 17.8 Å². The minimum Gasteiger partial charge on any atom is -0.347 e. The molecule has 1 heterocycles. The Morgan fingerprint density at radius 1 is 1.21 bits per heavy atom. The van der Waals surface area contributed by atoms with E-state index in [1.165, 1.54) is 12.8 Å². The van der Waals surface area contributed by atoms with Gasteiger partial charge in [0.2, 0.25) is 17.8 Å². The summed E-state index contributed by atoms with van der Waals surface area (Å²) in [6, 6.07) is 0.561. The first kappa shape index (κ1) is 13.8. The van der Waals surface area contributed by atoms with Crippen molar-refractivity contribution < 1.29 is 0 Å². The van der Waals surface area contributed by atoms with Gasteiger partial charge in [-0.15, -0.1) is 0 Å². The van der Waals surface area contributed by atoms with E-state index in [0.717, 1.165) is 6.54 Å². The summed E-state index contributed by atoms with van der Waals surface area (Å²) in [4.78, 5) is 17.3. The van der Waals surface area contributed by atoms with Gasteiger partial charge in [-0.2, -0.15) is 15.0 Å². The van der Waals surface area contributed by atoms with Crippen molar-refractivity contribution in [3.63, 3.8) is 0 Å². The largest absolute Gasteiger partial charge is 0.347 e. The van der Waals surface area contributed by atoms with E-state index in [-0.39, 0.29) is 0 Å². The summed E-state index contributed by atoms with van der Waals surface area (Å²) in [5.41, 5.74) is 2.51. The van der Waals surface area contributed by atoms with Crippen molar-refractivity contribution in [2.24, 2.45) is 11.8 Å². The molecule has 0 atom stereocenters. The summed E-state index contributed by atoms with van der Waals surface area (Å²) in [6.45, 7) is 5.35. The summed E-state index contributed by atoms with van der Waals surface area (Å²) in [6.07, 6.45) is 2.42. The molecule has 0 spiro atoms. The van der Waals surface area contributed by atoms with Crippen molar-refractivity contribution in [1.82, 2.24) is 15.0 Å². The van der Waals surface area contributed by atoms with E-state index in [1.807, 2.05) is 19.0 Å². The average molecular weight is 265 g/mol. The lowest BCUT2D eigenvalue weighted by Crippen LogP contribution is -2.32. The second-order valence-corrected chi connectivity index (χ2v) is 5.58. The van der Waals surface area contributed by atoms with Crippen LogP contribution < -0.4 is 21.1 Å². The van der Waals surface area contributed by atoms with Gasteiger partial charge in [0, 0.05) is 26.7 Å². The monoisotopic (exact) mass is 265 g/mol. The van der Waals surface area contributed by atoms with Crippen molar-refractivity contribution in [3.05, 3.63) is 0 Å². The van der Waals surface area contributed by atoms with Crippen molar-refractivity contribution in [2.45, 2.75) is 32.7 Å². The molecule has 106 valence electrons. The van der Waals surface area contributed by atoms with E-state index < -0.39 is 0 Å². The molecule has 3 N–H and O–H groups in total. The van der Waals surface area contributed by atoms with Crippen LogP contribution in [0.5, 0.6) is 0 Å². The molecule has 0 unspecified atom stereocenters. The Balaban J connectivity index is 2.32. The number of anilines is 3. The van der Waals surface area contributed by atoms with Gasteiger partial charge in [0.15, 0.2) is 0 Å². The smallest absolute Gasteiger partial charge is 0.243 e. The van der Waals surface area contributed by atoms with E-state index in [9.17, 15) is 0 Å². The highest BCUT2D eigenvalue weighted by Crippen LogP contribution is 2.31. The summed E-state index contributed by atoms with van der Waals surface area (Å²) >= 11 is 0. The van der Waals surface area contributed by atoms with Crippen molar-refractivity contribution in [1.29, 1.82) is 0 Å². The standard InChI is InChI=1S/C12H23N7/c1-8(2)7-19(9-5-6-9)12-15-10(17-13)14-11(16-12)18(3)4/h8-9H,5-7,13H2,1-4H3,(H,14,15,16,17). The maximum Gasteiger partial charge on any atom is 0.243 e. The van der Waals surface area contributed by atoms with E-state index in [4.69, 9.17) is 5.84 Å². The predicted molar refractivity (Wildman–Crippen MR) is 77.2 cm³/mol. The SMILES string of the molecule is CC(C)CN(c1nc(NN)nc(N(C)C)n1)C1CC1. The van der Waals surface area contributed by atoms with E-state index in [0.29, 0.717) is 29.8 Å². The third-order valence-electron chi connectivity index (χ3n) is 2.95. The Hall–Kier alpha value is -1.63. The van der Waals surface area contributed by atoms with Crippen LogP contribution in [0.1, 0.15) is 26.7 Å². The second-order valence-electron chi connectivity index (χ2n) is 5.58. The molecule has 0 aromatic carbocycles. The van der Waals surface area contributed by atoms with Gasteiger partial charge in [0.05, 0.1) is 0 Å². The van der Waals surface area contributed by atoms with Crippen molar-refractivity contribution in [2.75, 3.05) is 35.9 Å². The van der Waals surface area contributed by atoms with Crippen LogP contribution in [0, 0.1) is 5.92 Å². The second kappa shape index (κ2) is 5.56. The van der Waals surface area contributed by atoms with Gasteiger partial charge in [-0.1, -0.05) is 13.8 Å². The fourth-order valence-electron chi connectivity index (χ4n) is 1.92. The Morgan fingerprint density at radius 3 is 2.32 bits per heavy atom. The molecule has 19 heavy (non-hydrogen) atoms. The number of rotatable bonds is 6. The Bertz CT molecular complexity index is 428. The minimum absolute atomic E-state index is 0.406. The van der Waals surface area contributed by atoms with Crippen LogP contribution in [0.2, 0.25) is 0 Å². The van der Waals surface area contributed by atoms with Gasteiger partial charge in [-0.3, -0.25) is 5.43 Å². The molecule has 7 nitrogen and oxygen atoms in total. The van der Waals surface area contributed by atoms with Crippen LogP contribution >= 0.6 is 0 Å². The molecule has 1 saturated carbocycles. The molecule has 0 amide bonds. The lowest BCUT2D eigenvalue weighted by molar-refractivity contribution is 0.596. The number of nitrogen functional groups attached to an aromatic ring is 1. The fourth-order valence-corrected chi connectivity index (χ4v) is 1.92. The number of nitrogens with zero attached hydrogens (tertiary/aromatic N) is 5. The molecule has 0 radical (unpaired) electrons. The maximum absolute atomic E-state index is 5.44. The normalized spacial score (nSPS) is 14.6. The van der Waals surface area contributed by atoms with Crippen LogP contribution in [0.25, 0.3) is 0 Å². The number of hydrogen-bond donors (Lipinski definition) is 2. The molecule has 0 saturated heterocycles. The number of nitrogens with two attached hydrogens (primary N) is 1. The molecule has 1 fully saturated rings. The highest BCUT2D eigenvalue weighted by molar-refractivity contribution is 5.45. The van der Waals surface area contributed by atoms with Gasteiger partial charge in [-0.25, -0.2) is 5.84 Å². The van der Waals surface area contributed by atoms with Gasteiger partial charge in [0.1, 0.15) is 0 Å². The molecule has 1 aromatic heterocycles. The van der Waals surface area contributed by atoms with Crippen LogP contribution in [0.15, 0.2) is 0 Å². The lowest BCUT2D eigenvalue weighted by Gasteiger charge is -2.25. The van der Waals surface area contributed by atoms with E-state index >= 15 is 0 Å². The lowest BCUT2D eigenvalue weighted by atomic mass is 10.2. The summed E-state index contributed by atoms with van der Waals surface area (Å²) in [5, 5.41) is 0. The first-order chi connectivity index (χ1) is 9.01. The summed E-state index contributed by atoms with van der Waals surface area (Å²) < 4.78 is 0. The predicted octanol–water partition coefficient (Wildman–Crippen LogP) is 0.848. The summed E-state index contributed by atoms with van der Waals surface area (Å²) in [7, 11) is 3.81. The molecule has 1 aliphatic carbocycles. The van der Waals surface area contributed by atoms with Gasteiger partial charge in [-0.05, 0) is 18.8 Å². The molecular formula is C12H23N7.